The van der Waals surface area contributed by atoms with E-state index in [2.05, 4.69) is 26.9 Å². The maximum atomic E-state index is 13.2. The quantitative estimate of drug-likeness (QED) is 0.464. The Balaban J connectivity index is 1.44. The van der Waals surface area contributed by atoms with Crippen LogP contribution in [0.2, 0.25) is 0 Å². The Morgan fingerprint density at radius 1 is 1.08 bits per heavy atom. The standard InChI is InChI=1S/C19H18FN3OS/c20-15-5-4-8-17(13-15)24-11-12-25-19-22-21-18(14-9-10-14)23(19)16-6-2-1-3-7-16/h1-8,13-14H,9-12H2. The van der Waals surface area contributed by atoms with E-state index in [1.807, 2.05) is 18.2 Å². The van der Waals surface area contributed by atoms with Crippen molar-refractivity contribution in [3.63, 3.8) is 0 Å². The van der Waals surface area contributed by atoms with Crippen LogP contribution in [0.5, 0.6) is 5.75 Å². The van der Waals surface area contributed by atoms with E-state index >= 15 is 0 Å². The van der Waals surface area contributed by atoms with Crippen LogP contribution < -0.4 is 4.74 Å². The Morgan fingerprint density at radius 2 is 1.92 bits per heavy atom. The predicted octanol–water partition coefficient (Wildman–Crippen LogP) is 4.45. The molecule has 1 heterocycles. The molecule has 0 bridgehead atoms. The van der Waals surface area contributed by atoms with E-state index in [4.69, 9.17) is 4.74 Å². The molecule has 1 aromatic heterocycles. The van der Waals surface area contributed by atoms with Crippen LogP contribution in [0, 0.1) is 5.82 Å². The van der Waals surface area contributed by atoms with E-state index in [1.165, 1.54) is 25.0 Å². The van der Waals surface area contributed by atoms with Crippen molar-refractivity contribution in [3.05, 3.63) is 66.2 Å². The molecule has 0 amide bonds. The molecule has 0 N–H and O–H groups in total. The van der Waals surface area contributed by atoms with Crippen LogP contribution >= 0.6 is 11.8 Å². The van der Waals surface area contributed by atoms with Gasteiger partial charge >= 0.3 is 0 Å². The lowest BCUT2D eigenvalue weighted by Crippen LogP contribution is -2.04. The van der Waals surface area contributed by atoms with Crippen molar-refractivity contribution in [1.29, 1.82) is 0 Å². The molecule has 0 unspecified atom stereocenters. The molecule has 25 heavy (non-hydrogen) atoms. The predicted molar refractivity (Wildman–Crippen MR) is 96.0 cm³/mol. The second-order valence-electron chi connectivity index (χ2n) is 5.94. The van der Waals surface area contributed by atoms with Gasteiger partial charge in [-0.1, -0.05) is 36.0 Å². The fraction of sp³-hybridized carbons (Fsp3) is 0.263. The first-order valence-electron chi connectivity index (χ1n) is 8.33. The molecule has 3 aromatic rings. The largest absolute Gasteiger partial charge is 0.493 e. The zero-order valence-electron chi connectivity index (χ0n) is 13.6. The van der Waals surface area contributed by atoms with Gasteiger partial charge in [0.25, 0.3) is 0 Å². The number of hydrogen-bond donors (Lipinski definition) is 0. The Labute approximate surface area is 150 Å². The number of halogens is 1. The van der Waals surface area contributed by atoms with Crippen molar-refractivity contribution in [3.8, 4) is 11.4 Å². The summed E-state index contributed by atoms with van der Waals surface area (Å²) in [5.41, 5.74) is 1.09. The molecule has 0 radical (unpaired) electrons. The Kier molecular flexibility index (Phi) is 4.70. The molecular weight excluding hydrogens is 337 g/mol. The summed E-state index contributed by atoms with van der Waals surface area (Å²) in [5, 5.41) is 9.65. The lowest BCUT2D eigenvalue weighted by molar-refractivity contribution is 0.342. The fourth-order valence-corrected chi connectivity index (χ4v) is 3.43. The van der Waals surface area contributed by atoms with Crippen molar-refractivity contribution in [1.82, 2.24) is 14.8 Å². The summed E-state index contributed by atoms with van der Waals surface area (Å²) in [6.45, 7) is 0.481. The highest BCUT2D eigenvalue weighted by molar-refractivity contribution is 7.99. The van der Waals surface area contributed by atoms with Crippen LogP contribution in [0.15, 0.2) is 59.8 Å². The summed E-state index contributed by atoms with van der Waals surface area (Å²) < 4.78 is 20.9. The zero-order chi connectivity index (χ0) is 17.1. The summed E-state index contributed by atoms with van der Waals surface area (Å²) in [6, 6.07) is 16.4. The first kappa shape index (κ1) is 16.1. The number of ether oxygens (including phenoxy) is 1. The van der Waals surface area contributed by atoms with Crippen LogP contribution in [0.4, 0.5) is 4.39 Å². The molecule has 1 fully saturated rings. The fourth-order valence-electron chi connectivity index (χ4n) is 2.65. The average molecular weight is 355 g/mol. The van der Waals surface area contributed by atoms with Gasteiger partial charge in [0.2, 0.25) is 0 Å². The summed E-state index contributed by atoms with van der Waals surface area (Å²) in [4.78, 5) is 0. The van der Waals surface area contributed by atoms with Crippen LogP contribution in [0.25, 0.3) is 5.69 Å². The molecule has 0 saturated heterocycles. The Morgan fingerprint density at radius 3 is 2.68 bits per heavy atom. The molecule has 4 rings (SSSR count). The molecule has 2 aromatic carbocycles. The van der Waals surface area contributed by atoms with Crippen molar-refractivity contribution in [2.75, 3.05) is 12.4 Å². The first-order chi connectivity index (χ1) is 12.3. The number of rotatable bonds is 7. The number of aromatic nitrogens is 3. The minimum atomic E-state index is -0.289. The molecule has 1 aliphatic carbocycles. The van der Waals surface area contributed by atoms with Gasteiger partial charge < -0.3 is 4.74 Å². The number of thioether (sulfide) groups is 1. The highest BCUT2D eigenvalue weighted by Crippen LogP contribution is 2.41. The lowest BCUT2D eigenvalue weighted by Gasteiger charge is -2.10. The summed E-state index contributed by atoms with van der Waals surface area (Å²) in [6.07, 6.45) is 2.36. The van der Waals surface area contributed by atoms with E-state index in [0.29, 0.717) is 24.0 Å². The van der Waals surface area contributed by atoms with Gasteiger partial charge in [-0.25, -0.2) is 4.39 Å². The van der Waals surface area contributed by atoms with Gasteiger partial charge in [-0.3, -0.25) is 4.57 Å². The van der Waals surface area contributed by atoms with Gasteiger partial charge in [0, 0.05) is 23.4 Å². The average Bonchev–Trinajstić information content (AvgIpc) is 3.39. The summed E-state index contributed by atoms with van der Waals surface area (Å²) in [7, 11) is 0. The number of para-hydroxylation sites is 1. The second kappa shape index (κ2) is 7.27. The number of hydrogen-bond acceptors (Lipinski definition) is 4. The molecule has 1 saturated carbocycles. The van der Waals surface area contributed by atoms with Gasteiger partial charge in [0.05, 0.1) is 6.61 Å². The maximum Gasteiger partial charge on any atom is 0.195 e. The van der Waals surface area contributed by atoms with E-state index in [1.54, 1.807) is 23.9 Å². The molecule has 1 aliphatic rings. The molecule has 0 atom stereocenters. The highest BCUT2D eigenvalue weighted by atomic mass is 32.2. The van der Waals surface area contributed by atoms with Crippen LogP contribution in [0.3, 0.4) is 0 Å². The van der Waals surface area contributed by atoms with Crippen molar-refractivity contribution in [2.24, 2.45) is 0 Å². The molecule has 6 heteroatoms. The van der Waals surface area contributed by atoms with Crippen LogP contribution in [-0.4, -0.2) is 27.1 Å². The third kappa shape index (κ3) is 3.85. The Hall–Kier alpha value is -2.34. The van der Waals surface area contributed by atoms with Crippen molar-refractivity contribution in [2.45, 2.75) is 23.9 Å². The molecule has 128 valence electrons. The van der Waals surface area contributed by atoms with Crippen LogP contribution in [0.1, 0.15) is 24.6 Å². The SMILES string of the molecule is Fc1cccc(OCCSc2nnc(C3CC3)n2-c2ccccc2)c1. The van der Waals surface area contributed by atoms with Gasteiger partial charge in [-0.15, -0.1) is 10.2 Å². The second-order valence-corrected chi connectivity index (χ2v) is 7.00. The van der Waals surface area contributed by atoms with Gasteiger partial charge in [0.15, 0.2) is 5.16 Å². The summed E-state index contributed by atoms with van der Waals surface area (Å²) >= 11 is 1.60. The van der Waals surface area contributed by atoms with E-state index in [0.717, 1.165) is 16.7 Å². The maximum absolute atomic E-state index is 13.2. The third-order valence-electron chi connectivity index (χ3n) is 3.99. The van der Waals surface area contributed by atoms with Gasteiger partial charge in [0.1, 0.15) is 17.4 Å². The van der Waals surface area contributed by atoms with E-state index < -0.39 is 0 Å². The van der Waals surface area contributed by atoms with Crippen molar-refractivity contribution < 1.29 is 9.13 Å². The van der Waals surface area contributed by atoms with Crippen molar-refractivity contribution >= 4 is 11.8 Å². The first-order valence-corrected chi connectivity index (χ1v) is 9.32. The molecule has 0 aliphatic heterocycles. The van der Waals surface area contributed by atoms with E-state index in [9.17, 15) is 4.39 Å². The molecule has 4 nitrogen and oxygen atoms in total. The van der Waals surface area contributed by atoms with Gasteiger partial charge in [-0.05, 0) is 37.1 Å². The topological polar surface area (TPSA) is 39.9 Å². The third-order valence-corrected chi connectivity index (χ3v) is 4.89. The normalized spacial score (nSPS) is 13.8. The van der Waals surface area contributed by atoms with Gasteiger partial charge in [-0.2, -0.15) is 0 Å². The van der Waals surface area contributed by atoms with Crippen LogP contribution in [-0.2, 0) is 0 Å². The number of benzene rings is 2. The Bertz CT molecular complexity index is 849. The molecule has 0 spiro atoms. The minimum Gasteiger partial charge on any atom is -0.493 e. The minimum absolute atomic E-state index is 0.289. The lowest BCUT2D eigenvalue weighted by atomic mass is 10.3. The number of nitrogens with zero attached hydrogens (tertiary/aromatic N) is 3. The van der Waals surface area contributed by atoms with E-state index in [-0.39, 0.29) is 5.82 Å². The summed E-state index contributed by atoms with van der Waals surface area (Å²) in [5.74, 6) is 2.53. The monoisotopic (exact) mass is 355 g/mol. The zero-order valence-corrected chi connectivity index (χ0v) is 14.5. The smallest absolute Gasteiger partial charge is 0.195 e. The molecular formula is C19H18FN3OS. The highest BCUT2D eigenvalue weighted by Gasteiger charge is 2.30.